The third-order valence-corrected chi connectivity index (χ3v) is 6.13. The molecular formula is C28H26BrNO. The third kappa shape index (κ3) is 4.21. The van der Waals surface area contributed by atoms with Crippen LogP contribution in [0.15, 0.2) is 102 Å². The van der Waals surface area contributed by atoms with Crippen molar-refractivity contribution in [2.24, 2.45) is 0 Å². The largest absolute Gasteiger partial charge is 0.374 e. The molecule has 1 unspecified atom stereocenters. The highest BCUT2D eigenvalue weighted by molar-refractivity contribution is 9.10. The summed E-state index contributed by atoms with van der Waals surface area (Å²) >= 11 is 3.58. The van der Waals surface area contributed by atoms with Crippen LogP contribution < -0.4 is 0 Å². The summed E-state index contributed by atoms with van der Waals surface area (Å²) in [5.41, 5.74) is 3.87. The fourth-order valence-corrected chi connectivity index (χ4v) is 4.32. The van der Waals surface area contributed by atoms with E-state index in [9.17, 15) is 5.11 Å². The molecule has 3 heteroatoms. The molecule has 0 spiro atoms. The molecule has 1 N–H and O–H groups in total. The zero-order valence-corrected chi connectivity index (χ0v) is 19.6. The predicted molar refractivity (Wildman–Crippen MR) is 131 cm³/mol. The number of pyridine rings is 1. The molecule has 2 nitrogen and oxygen atoms in total. The topological polar surface area (TPSA) is 33.1 Å². The van der Waals surface area contributed by atoms with Crippen LogP contribution in [-0.4, -0.2) is 10.1 Å². The lowest BCUT2D eigenvalue weighted by atomic mass is 9.78. The molecule has 0 aliphatic rings. The van der Waals surface area contributed by atoms with Gasteiger partial charge in [-0.1, -0.05) is 103 Å². The Kier molecular flexibility index (Phi) is 5.83. The number of halogens is 1. The normalized spacial score (nSPS) is 13.6. The van der Waals surface area contributed by atoms with Crippen LogP contribution in [0.3, 0.4) is 0 Å². The van der Waals surface area contributed by atoms with Crippen LogP contribution in [0.25, 0.3) is 11.1 Å². The van der Waals surface area contributed by atoms with E-state index in [0.29, 0.717) is 5.69 Å². The quantitative estimate of drug-likeness (QED) is 0.344. The lowest BCUT2D eigenvalue weighted by Gasteiger charge is -2.32. The number of rotatable bonds is 4. The van der Waals surface area contributed by atoms with E-state index in [1.54, 1.807) is 6.20 Å². The van der Waals surface area contributed by atoms with Crippen molar-refractivity contribution in [2.75, 3.05) is 0 Å². The highest BCUT2D eigenvalue weighted by Crippen LogP contribution is 2.42. The molecule has 1 aromatic heterocycles. The Hall–Kier alpha value is -2.75. The second-order valence-corrected chi connectivity index (χ2v) is 9.73. The van der Waals surface area contributed by atoms with Crippen LogP contribution in [0.1, 0.15) is 43.2 Å². The van der Waals surface area contributed by atoms with Crippen LogP contribution in [0.2, 0.25) is 0 Å². The van der Waals surface area contributed by atoms with Gasteiger partial charge in [0, 0.05) is 16.2 Å². The average molecular weight is 472 g/mol. The first-order valence-corrected chi connectivity index (χ1v) is 11.2. The Morgan fingerprint density at radius 1 is 0.742 bits per heavy atom. The van der Waals surface area contributed by atoms with Crippen LogP contribution >= 0.6 is 15.9 Å². The zero-order valence-electron chi connectivity index (χ0n) is 18.0. The van der Waals surface area contributed by atoms with Gasteiger partial charge in [-0.2, -0.15) is 0 Å². The molecule has 0 bridgehead atoms. The van der Waals surface area contributed by atoms with Crippen molar-refractivity contribution in [2.45, 2.75) is 31.8 Å². The van der Waals surface area contributed by atoms with E-state index in [1.807, 2.05) is 72.8 Å². The van der Waals surface area contributed by atoms with Crippen molar-refractivity contribution in [3.63, 3.8) is 0 Å². The smallest absolute Gasteiger partial charge is 0.157 e. The van der Waals surface area contributed by atoms with E-state index in [1.165, 1.54) is 0 Å². The molecule has 3 aromatic carbocycles. The maximum atomic E-state index is 12.5. The molecule has 31 heavy (non-hydrogen) atoms. The summed E-state index contributed by atoms with van der Waals surface area (Å²) in [7, 11) is 0. The Morgan fingerprint density at radius 2 is 1.45 bits per heavy atom. The van der Waals surface area contributed by atoms with Gasteiger partial charge in [0.25, 0.3) is 0 Å². The summed E-state index contributed by atoms with van der Waals surface area (Å²) < 4.78 is 0.910. The summed E-state index contributed by atoms with van der Waals surface area (Å²) in [5.74, 6) is 0. The Bertz CT molecular complexity index is 1200. The maximum Gasteiger partial charge on any atom is 0.157 e. The maximum absolute atomic E-state index is 12.5. The number of hydrogen-bond acceptors (Lipinski definition) is 2. The monoisotopic (exact) mass is 471 g/mol. The molecule has 0 saturated carbocycles. The second-order valence-electron chi connectivity index (χ2n) is 8.81. The molecule has 4 rings (SSSR count). The molecule has 0 aliphatic carbocycles. The third-order valence-electron chi connectivity index (χ3n) is 5.64. The van der Waals surface area contributed by atoms with Crippen LogP contribution in [-0.2, 0) is 11.0 Å². The summed E-state index contributed by atoms with van der Waals surface area (Å²) in [6.07, 6.45) is 1.80. The molecular weight excluding hydrogens is 446 g/mol. The Morgan fingerprint density at radius 3 is 2.16 bits per heavy atom. The number of nitrogens with zero attached hydrogens (tertiary/aromatic N) is 1. The molecule has 156 valence electrons. The summed E-state index contributed by atoms with van der Waals surface area (Å²) in [5, 5.41) is 12.5. The molecule has 1 heterocycles. The average Bonchev–Trinajstić information content (AvgIpc) is 2.79. The fraction of sp³-hybridized carbons (Fsp3) is 0.179. The SMILES string of the molecule is CC(C)(C)c1ccnc(C(O)(c2cccc(Br)c2)c2ccccc2-c2ccccc2)c1. The first-order chi connectivity index (χ1) is 14.8. The van der Waals surface area contributed by atoms with Gasteiger partial charge >= 0.3 is 0 Å². The highest BCUT2D eigenvalue weighted by atomic mass is 79.9. The lowest BCUT2D eigenvalue weighted by molar-refractivity contribution is 0.121. The van der Waals surface area contributed by atoms with Gasteiger partial charge in [-0.05, 0) is 51.9 Å². The van der Waals surface area contributed by atoms with E-state index in [2.05, 4.69) is 59.9 Å². The van der Waals surface area contributed by atoms with Gasteiger partial charge in [-0.3, -0.25) is 4.98 Å². The standard InChI is InChI=1S/C28H26BrNO/c1-27(2,3)21-16-17-30-26(19-21)28(31,22-12-9-13-23(29)18-22)25-15-8-7-14-24(25)20-10-5-4-6-11-20/h4-19,31H,1-3H3. The number of aromatic nitrogens is 1. The van der Waals surface area contributed by atoms with Gasteiger partial charge in [-0.25, -0.2) is 0 Å². The zero-order chi connectivity index (χ0) is 22.1. The van der Waals surface area contributed by atoms with Gasteiger partial charge in [0.05, 0.1) is 5.69 Å². The van der Waals surface area contributed by atoms with E-state index in [4.69, 9.17) is 0 Å². The molecule has 0 saturated heterocycles. The van der Waals surface area contributed by atoms with Crippen molar-refractivity contribution in [3.05, 3.63) is 124 Å². The summed E-state index contributed by atoms with van der Waals surface area (Å²) in [6.45, 7) is 6.51. The van der Waals surface area contributed by atoms with Crippen molar-refractivity contribution >= 4 is 15.9 Å². The number of benzene rings is 3. The number of hydrogen-bond donors (Lipinski definition) is 1. The minimum absolute atomic E-state index is 0.0607. The van der Waals surface area contributed by atoms with E-state index >= 15 is 0 Å². The van der Waals surface area contributed by atoms with Crippen molar-refractivity contribution in [1.29, 1.82) is 0 Å². The number of aliphatic hydroxyl groups is 1. The first kappa shape index (κ1) is 21.5. The van der Waals surface area contributed by atoms with Crippen LogP contribution in [0, 0.1) is 0 Å². The molecule has 1 atom stereocenters. The molecule has 0 amide bonds. The minimum atomic E-state index is -1.42. The molecule has 0 radical (unpaired) electrons. The van der Waals surface area contributed by atoms with Crippen LogP contribution in [0.5, 0.6) is 0 Å². The fourth-order valence-electron chi connectivity index (χ4n) is 3.92. The molecule has 4 aromatic rings. The predicted octanol–water partition coefficient (Wildman–Crippen LogP) is 7.09. The first-order valence-electron chi connectivity index (χ1n) is 10.4. The summed E-state index contributed by atoms with van der Waals surface area (Å²) in [4.78, 5) is 4.68. The van der Waals surface area contributed by atoms with Crippen LogP contribution in [0.4, 0.5) is 0 Å². The Balaban J connectivity index is 2.03. The summed E-state index contributed by atoms with van der Waals surface area (Å²) in [6, 6.07) is 30.1. The second kappa shape index (κ2) is 8.41. The van der Waals surface area contributed by atoms with Gasteiger partial charge in [-0.15, -0.1) is 0 Å². The van der Waals surface area contributed by atoms with Crippen molar-refractivity contribution in [3.8, 4) is 11.1 Å². The highest BCUT2D eigenvalue weighted by Gasteiger charge is 2.38. The van der Waals surface area contributed by atoms with Crippen molar-refractivity contribution in [1.82, 2.24) is 4.98 Å². The van der Waals surface area contributed by atoms with Gasteiger partial charge in [0.2, 0.25) is 0 Å². The van der Waals surface area contributed by atoms with Gasteiger partial charge < -0.3 is 5.11 Å². The minimum Gasteiger partial charge on any atom is -0.374 e. The van der Waals surface area contributed by atoms with E-state index in [0.717, 1.165) is 32.3 Å². The van der Waals surface area contributed by atoms with Crippen molar-refractivity contribution < 1.29 is 5.11 Å². The molecule has 0 fully saturated rings. The van der Waals surface area contributed by atoms with E-state index in [-0.39, 0.29) is 5.41 Å². The van der Waals surface area contributed by atoms with Gasteiger partial charge in [0.15, 0.2) is 5.60 Å². The van der Waals surface area contributed by atoms with E-state index < -0.39 is 5.60 Å². The van der Waals surface area contributed by atoms with Gasteiger partial charge in [0.1, 0.15) is 0 Å². The Labute approximate surface area is 192 Å². The molecule has 0 aliphatic heterocycles. The lowest BCUT2D eigenvalue weighted by Crippen LogP contribution is -2.31.